The fourth-order valence-electron chi connectivity index (χ4n) is 4.68. The number of nitrogens with zero attached hydrogens (tertiary/aromatic N) is 5. The van der Waals surface area contributed by atoms with Crippen LogP contribution >= 0.6 is 11.8 Å². The SMILES string of the molecule is C[C@@H]1CCCC[C@H]1n1c(SCc2cc([N+](=O)[O-])cc3c2OCOC3)nnc1-c1cccnc1. The van der Waals surface area contributed by atoms with E-state index in [0.717, 1.165) is 28.5 Å². The predicted molar refractivity (Wildman–Crippen MR) is 123 cm³/mol. The van der Waals surface area contributed by atoms with E-state index in [-0.39, 0.29) is 17.4 Å². The molecular formula is C23H25N5O4S. The largest absolute Gasteiger partial charge is 0.467 e. The number of hydrogen-bond donors (Lipinski definition) is 0. The monoisotopic (exact) mass is 467 g/mol. The van der Waals surface area contributed by atoms with Gasteiger partial charge in [0.25, 0.3) is 5.69 Å². The van der Waals surface area contributed by atoms with Gasteiger partial charge in [0.05, 0.1) is 11.5 Å². The Balaban J connectivity index is 1.50. The molecule has 0 saturated heterocycles. The van der Waals surface area contributed by atoms with E-state index in [4.69, 9.17) is 9.47 Å². The maximum atomic E-state index is 11.5. The maximum Gasteiger partial charge on any atom is 0.270 e. The Morgan fingerprint density at radius 3 is 2.94 bits per heavy atom. The molecule has 2 atom stereocenters. The number of aromatic nitrogens is 4. The van der Waals surface area contributed by atoms with Crippen LogP contribution in [0.5, 0.6) is 5.75 Å². The first kappa shape index (κ1) is 21.8. The predicted octanol–water partition coefficient (Wildman–Crippen LogP) is 5.16. The fraction of sp³-hybridized carbons (Fsp3) is 0.435. The zero-order valence-corrected chi connectivity index (χ0v) is 19.2. The molecule has 3 aromatic rings. The van der Waals surface area contributed by atoms with E-state index >= 15 is 0 Å². The molecular weight excluding hydrogens is 442 g/mol. The smallest absolute Gasteiger partial charge is 0.270 e. The van der Waals surface area contributed by atoms with Crippen molar-refractivity contribution < 1.29 is 14.4 Å². The molecule has 1 fully saturated rings. The molecule has 10 heteroatoms. The quantitative estimate of drug-likeness (QED) is 0.278. The third kappa shape index (κ3) is 4.45. The van der Waals surface area contributed by atoms with Gasteiger partial charge in [0.15, 0.2) is 17.8 Å². The average molecular weight is 468 g/mol. The molecule has 2 aliphatic rings. The Morgan fingerprint density at radius 1 is 1.27 bits per heavy atom. The second-order valence-electron chi connectivity index (χ2n) is 8.50. The normalized spacial score (nSPS) is 20.2. The number of non-ortho nitro benzene ring substituents is 1. The second kappa shape index (κ2) is 9.48. The highest BCUT2D eigenvalue weighted by atomic mass is 32.2. The number of thioether (sulfide) groups is 1. The molecule has 172 valence electrons. The van der Waals surface area contributed by atoms with Crippen LogP contribution in [0.1, 0.15) is 49.8 Å². The minimum atomic E-state index is -0.379. The second-order valence-corrected chi connectivity index (χ2v) is 9.44. The molecule has 3 heterocycles. The highest BCUT2D eigenvalue weighted by Gasteiger charge is 2.29. The Labute approximate surface area is 195 Å². The van der Waals surface area contributed by atoms with Crippen LogP contribution in [0.4, 0.5) is 5.69 Å². The van der Waals surface area contributed by atoms with Gasteiger partial charge in [0, 0.05) is 53.0 Å². The highest BCUT2D eigenvalue weighted by Crippen LogP contribution is 2.41. The number of fused-ring (bicyclic) bond motifs is 1. The summed E-state index contributed by atoms with van der Waals surface area (Å²) in [5, 5.41) is 21.3. The molecule has 0 radical (unpaired) electrons. The van der Waals surface area contributed by atoms with Crippen molar-refractivity contribution in [1.82, 2.24) is 19.7 Å². The van der Waals surface area contributed by atoms with Gasteiger partial charge < -0.3 is 9.47 Å². The molecule has 0 unspecified atom stereocenters. The van der Waals surface area contributed by atoms with Gasteiger partial charge in [-0.3, -0.25) is 19.7 Å². The number of benzene rings is 1. The summed E-state index contributed by atoms with van der Waals surface area (Å²) in [7, 11) is 0. The molecule has 5 rings (SSSR count). The first-order chi connectivity index (χ1) is 16.1. The van der Waals surface area contributed by atoms with Gasteiger partial charge in [-0.05, 0) is 30.9 Å². The van der Waals surface area contributed by atoms with Gasteiger partial charge >= 0.3 is 0 Å². The Hall–Kier alpha value is -2.98. The summed E-state index contributed by atoms with van der Waals surface area (Å²) in [4.78, 5) is 15.3. The molecule has 0 bridgehead atoms. The van der Waals surface area contributed by atoms with Crippen LogP contribution in [0.25, 0.3) is 11.4 Å². The minimum Gasteiger partial charge on any atom is -0.467 e. The van der Waals surface area contributed by atoms with Gasteiger partial charge in [-0.1, -0.05) is 31.5 Å². The highest BCUT2D eigenvalue weighted by molar-refractivity contribution is 7.98. The number of rotatable bonds is 6. The van der Waals surface area contributed by atoms with Crippen molar-refractivity contribution in [2.24, 2.45) is 5.92 Å². The van der Waals surface area contributed by atoms with Crippen LogP contribution < -0.4 is 4.74 Å². The van der Waals surface area contributed by atoms with Gasteiger partial charge in [-0.15, -0.1) is 10.2 Å². The number of nitro groups is 1. The molecule has 1 saturated carbocycles. The lowest BCUT2D eigenvalue weighted by molar-refractivity contribution is -0.385. The van der Waals surface area contributed by atoms with E-state index < -0.39 is 0 Å². The third-order valence-electron chi connectivity index (χ3n) is 6.32. The Morgan fingerprint density at radius 2 is 2.15 bits per heavy atom. The summed E-state index contributed by atoms with van der Waals surface area (Å²) in [6.45, 7) is 2.73. The molecule has 1 aliphatic carbocycles. The first-order valence-corrected chi connectivity index (χ1v) is 12.1. The van der Waals surface area contributed by atoms with Crippen LogP contribution in [0.15, 0.2) is 41.8 Å². The molecule has 0 spiro atoms. The van der Waals surface area contributed by atoms with Gasteiger partial charge in [0.2, 0.25) is 0 Å². The maximum absolute atomic E-state index is 11.5. The third-order valence-corrected chi connectivity index (χ3v) is 7.31. The zero-order valence-electron chi connectivity index (χ0n) is 18.3. The first-order valence-electron chi connectivity index (χ1n) is 11.1. The average Bonchev–Trinajstić information content (AvgIpc) is 3.27. The van der Waals surface area contributed by atoms with Crippen LogP contribution in [0.3, 0.4) is 0 Å². The van der Waals surface area contributed by atoms with E-state index in [1.54, 1.807) is 12.3 Å². The zero-order chi connectivity index (χ0) is 22.8. The lowest BCUT2D eigenvalue weighted by atomic mass is 9.85. The number of nitro benzene ring substituents is 1. The molecule has 0 amide bonds. The van der Waals surface area contributed by atoms with Crippen LogP contribution in [-0.4, -0.2) is 31.5 Å². The van der Waals surface area contributed by atoms with Crippen molar-refractivity contribution in [2.75, 3.05) is 6.79 Å². The Bertz CT molecular complexity index is 1150. The van der Waals surface area contributed by atoms with Crippen LogP contribution in [0.2, 0.25) is 0 Å². The number of hydrogen-bond acceptors (Lipinski definition) is 8. The van der Waals surface area contributed by atoms with E-state index in [2.05, 4.69) is 26.7 Å². The van der Waals surface area contributed by atoms with E-state index in [1.165, 1.54) is 37.1 Å². The van der Waals surface area contributed by atoms with Crippen LogP contribution in [-0.2, 0) is 17.1 Å². The van der Waals surface area contributed by atoms with Gasteiger partial charge in [-0.25, -0.2) is 0 Å². The topological polar surface area (TPSA) is 105 Å². The van der Waals surface area contributed by atoms with Crippen molar-refractivity contribution in [3.63, 3.8) is 0 Å². The van der Waals surface area contributed by atoms with E-state index in [1.807, 2.05) is 18.3 Å². The Kier molecular flexibility index (Phi) is 6.28. The van der Waals surface area contributed by atoms with Crippen molar-refractivity contribution in [3.05, 3.63) is 57.9 Å². The molecule has 0 N–H and O–H groups in total. The van der Waals surface area contributed by atoms with Crippen molar-refractivity contribution in [1.29, 1.82) is 0 Å². The lowest BCUT2D eigenvalue weighted by Crippen LogP contribution is -2.22. The standard InChI is InChI=1S/C23H25N5O4S/c1-15-5-2-3-7-20(15)27-22(16-6-4-8-24-11-16)25-26-23(27)33-13-18-10-19(28(29)30)9-17-12-31-14-32-21(17)18/h4,6,8-11,15,20H,2-3,5,7,12-14H2,1H3/t15-,20-/m1/s1. The molecule has 2 aromatic heterocycles. The summed E-state index contributed by atoms with van der Waals surface area (Å²) in [6, 6.07) is 7.31. The van der Waals surface area contributed by atoms with Crippen molar-refractivity contribution in [2.45, 2.75) is 56.2 Å². The summed E-state index contributed by atoms with van der Waals surface area (Å²) in [5.74, 6) is 2.48. The van der Waals surface area contributed by atoms with Gasteiger partial charge in [0.1, 0.15) is 5.75 Å². The molecule has 33 heavy (non-hydrogen) atoms. The van der Waals surface area contributed by atoms with Crippen molar-refractivity contribution in [3.8, 4) is 17.1 Å². The van der Waals surface area contributed by atoms with E-state index in [9.17, 15) is 10.1 Å². The lowest BCUT2D eigenvalue weighted by Gasteiger charge is -2.31. The minimum absolute atomic E-state index is 0.0388. The molecule has 9 nitrogen and oxygen atoms in total. The summed E-state index contributed by atoms with van der Waals surface area (Å²) >= 11 is 1.53. The number of pyridine rings is 1. The van der Waals surface area contributed by atoms with Crippen molar-refractivity contribution >= 4 is 17.4 Å². The van der Waals surface area contributed by atoms with Gasteiger partial charge in [-0.2, -0.15) is 0 Å². The molecule has 1 aromatic carbocycles. The van der Waals surface area contributed by atoms with E-state index in [0.29, 0.717) is 35.6 Å². The summed E-state index contributed by atoms with van der Waals surface area (Å²) < 4.78 is 13.3. The van der Waals surface area contributed by atoms with Crippen LogP contribution in [0, 0.1) is 16.0 Å². The summed E-state index contributed by atoms with van der Waals surface area (Å²) in [5.41, 5.74) is 2.44. The molecule has 1 aliphatic heterocycles. The summed E-state index contributed by atoms with van der Waals surface area (Å²) in [6.07, 6.45) is 8.23. The number of ether oxygens (including phenoxy) is 2. The fourth-order valence-corrected chi connectivity index (χ4v) is 5.64.